The summed E-state index contributed by atoms with van der Waals surface area (Å²) in [5.41, 5.74) is 2.30. The summed E-state index contributed by atoms with van der Waals surface area (Å²) < 4.78 is 2.08. The third-order valence-corrected chi connectivity index (χ3v) is 4.31. The molecule has 2 unspecified atom stereocenters. The zero-order chi connectivity index (χ0) is 15.7. The van der Waals surface area contributed by atoms with E-state index in [0.29, 0.717) is 5.92 Å². The van der Waals surface area contributed by atoms with Crippen molar-refractivity contribution in [3.63, 3.8) is 0 Å². The maximum Gasteiger partial charge on any atom is 0.170 e. The Morgan fingerprint density at radius 1 is 1.32 bits per heavy atom. The molecule has 3 rings (SSSR count). The van der Waals surface area contributed by atoms with E-state index in [-0.39, 0.29) is 12.1 Å². The van der Waals surface area contributed by atoms with E-state index in [2.05, 4.69) is 58.1 Å². The largest absolute Gasteiger partial charge is 0.357 e. The summed E-state index contributed by atoms with van der Waals surface area (Å²) in [6.45, 7) is 5.38. The number of thiocarbonyl (C=S) groups is 1. The molecular weight excluding hydrogens is 292 g/mol. The van der Waals surface area contributed by atoms with Crippen LogP contribution in [0.25, 0.3) is 0 Å². The summed E-state index contributed by atoms with van der Waals surface area (Å²) >= 11 is 5.60. The van der Waals surface area contributed by atoms with Gasteiger partial charge in [0.25, 0.3) is 0 Å². The molecule has 22 heavy (non-hydrogen) atoms. The monoisotopic (exact) mass is 314 g/mol. The second-order valence-electron chi connectivity index (χ2n) is 6.28. The molecule has 1 aliphatic rings. The molecule has 2 atom stereocenters. The maximum absolute atomic E-state index is 5.60. The number of aromatic nitrogens is 2. The van der Waals surface area contributed by atoms with Gasteiger partial charge >= 0.3 is 0 Å². The van der Waals surface area contributed by atoms with Crippen LogP contribution in [0, 0.1) is 5.92 Å². The van der Waals surface area contributed by atoms with Crippen LogP contribution in [0.2, 0.25) is 0 Å². The minimum Gasteiger partial charge on any atom is -0.357 e. The highest BCUT2D eigenvalue weighted by atomic mass is 32.1. The van der Waals surface area contributed by atoms with Crippen LogP contribution in [0.15, 0.2) is 42.9 Å². The molecule has 1 aliphatic heterocycles. The molecule has 1 N–H and O–H groups in total. The van der Waals surface area contributed by atoms with Crippen LogP contribution in [0.1, 0.15) is 37.2 Å². The van der Waals surface area contributed by atoms with Gasteiger partial charge in [-0.1, -0.05) is 19.9 Å². The second-order valence-corrected chi connectivity index (χ2v) is 6.67. The summed E-state index contributed by atoms with van der Waals surface area (Å²) in [4.78, 5) is 6.84. The van der Waals surface area contributed by atoms with Crippen molar-refractivity contribution in [3.8, 4) is 0 Å². The fraction of sp³-hybridized carbons (Fsp3) is 0.412. The van der Waals surface area contributed by atoms with Crippen LogP contribution in [0.3, 0.4) is 0 Å². The Morgan fingerprint density at radius 2 is 2.14 bits per heavy atom. The van der Waals surface area contributed by atoms with Crippen LogP contribution >= 0.6 is 12.2 Å². The van der Waals surface area contributed by atoms with Crippen molar-refractivity contribution in [1.82, 2.24) is 19.8 Å². The lowest BCUT2D eigenvalue weighted by atomic mass is 9.98. The predicted molar refractivity (Wildman–Crippen MR) is 92.4 cm³/mol. The third-order valence-electron chi connectivity index (χ3n) is 3.96. The topological polar surface area (TPSA) is 33.1 Å². The van der Waals surface area contributed by atoms with E-state index in [1.165, 1.54) is 5.56 Å². The molecule has 116 valence electrons. The Kier molecular flexibility index (Phi) is 4.16. The average molecular weight is 314 g/mol. The molecule has 3 heterocycles. The predicted octanol–water partition coefficient (Wildman–Crippen LogP) is 3.05. The lowest BCUT2D eigenvalue weighted by Crippen LogP contribution is -2.32. The quantitative estimate of drug-likeness (QED) is 0.879. The fourth-order valence-electron chi connectivity index (χ4n) is 3.06. The normalized spacial score (nSPS) is 21.5. The van der Waals surface area contributed by atoms with Crippen molar-refractivity contribution in [1.29, 1.82) is 0 Å². The van der Waals surface area contributed by atoms with Crippen LogP contribution in [-0.4, -0.2) is 26.1 Å². The van der Waals surface area contributed by atoms with Crippen LogP contribution in [-0.2, 0) is 7.05 Å². The van der Waals surface area contributed by atoms with Gasteiger partial charge in [-0.05, 0) is 41.9 Å². The summed E-state index contributed by atoms with van der Waals surface area (Å²) in [5.74, 6) is 0.549. The van der Waals surface area contributed by atoms with E-state index < -0.39 is 0 Å². The van der Waals surface area contributed by atoms with E-state index >= 15 is 0 Å². The van der Waals surface area contributed by atoms with Gasteiger partial charge in [0, 0.05) is 32.2 Å². The van der Waals surface area contributed by atoms with Crippen LogP contribution in [0.5, 0.6) is 0 Å². The van der Waals surface area contributed by atoms with Crippen molar-refractivity contribution < 1.29 is 0 Å². The van der Waals surface area contributed by atoms with Crippen molar-refractivity contribution in [3.05, 3.63) is 54.1 Å². The van der Waals surface area contributed by atoms with Crippen LogP contribution < -0.4 is 5.32 Å². The first-order valence-electron chi connectivity index (χ1n) is 7.66. The maximum atomic E-state index is 5.60. The lowest BCUT2D eigenvalue weighted by molar-refractivity contribution is 0.287. The highest BCUT2D eigenvalue weighted by Crippen LogP contribution is 2.38. The van der Waals surface area contributed by atoms with Gasteiger partial charge in [0.05, 0.1) is 17.8 Å². The number of pyridine rings is 1. The molecule has 0 radical (unpaired) electrons. The highest BCUT2D eigenvalue weighted by Gasteiger charge is 2.40. The van der Waals surface area contributed by atoms with E-state index in [1.807, 2.05) is 25.4 Å². The molecule has 4 nitrogen and oxygen atoms in total. The number of nitrogens with zero attached hydrogens (tertiary/aromatic N) is 3. The fourth-order valence-corrected chi connectivity index (χ4v) is 3.37. The van der Waals surface area contributed by atoms with Gasteiger partial charge in [0.1, 0.15) is 0 Å². The summed E-state index contributed by atoms with van der Waals surface area (Å²) in [6, 6.07) is 8.49. The number of hydrogen-bond donors (Lipinski definition) is 1. The summed E-state index contributed by atoms with van der Waals surface area (Å²) in [6.07, 6.45) is 6.09. The first-order valence-corrected chi connectivity index (χ1v) is 8.07. The number of hydrogen-bond acceptors (Lipinski definition) is 2. The molecule has 1 saturated heterocycles. The van der Waals surface area contributed by atoms with Gasteiger partial charge in [0.2, 0.25) is 0 Å². The molecule has 0 amide bonds. The second kappa shape index (κ2) is 6.08. The molecule has 0 spiro atoms. The summed E-state index contributed by atoms with van der Waals surface area (Å²) in [7, 11) is 2.05. The van der Waals surface area contributed by atoms with Gasteiger partial charge in [0.15, 0.2) is 5.11 Å². The number of nitrogens with one attached hydrogen (secondary N) is 1. The standard InChI is InChI=1S/C17H22N4S/c1-12(2)10-21-16(13-7-9-20(3)11-13)15(19-17(21)22)14-6-4-5-8-18-14/h4-9,11-12,15-16H,10H2,1-3H3,(H,19,22). The first-order chi connectivity index (χ1) is 10.6. The SMILES string of the molecule is CC(C)CN1C(=S)NC(c2ccccn2)C1c1ccn(C)c1. The van der Waals surface area contributed by atoms with Crippen molar-refractivity contribution in [2.45, 2.75) is 25.9 Å². The van der Waals surface area contributed by atoms with E-state index in [0.717, 1.165) is 17.4 Å². The van der Waals surface area contributed by atoms with Gasteiger partial charge < -0.3 is 14.8 Å². The lowest BCUT2D eigenvalue weighted by Gasteiger charge is -2.28. The van der Waals surface area contributed by atoms with Crippen molar-refractivity contribution >= 4 is 17.3 Å². The zero-order valence-electron chi connectivity index (χ0n) is 13.2. The van der Waals surface area contributed by atoms with E-state index in [1.54, 1.807) is 0 Å². The highest BCUT2D eigenvalue weighted by molar-refractivity contribution is 7.80. The van der Waals surface area contributed by atoms with Gasteiger partial charge in [-0.15, -0.1) is 0 Å². The molecule has 0 aliphatic carbocycles. The molecule has 1 fully saturated rings. The smallest absolute Gasteiger partial charge is 0.170 e. The Labute approximate surface area is 137 Å². The van der Waals surface area contributed by atoms with Crippen molar-refractivity contribution in [2.24, 2.45) is 13.0 Å². The van der Waals surface area contributed by atoms with Gasteiger partial charge in [-0.25, -0.2) is 0 Å². The third kappa shape index (κ3) is 2.86. The van der Waals surface area contributed by atoms with Gasteiger partial charge in [-0.2, -0.15) is 0 Å². The molecular formula is C17H22N4S. The van der Waals surface area contributed by atoms with E-state index in [9.17, 15) is 0 Å². The molecule has 5 heteroatoms. The van der Waals surface area contributed by atoms with Crippen molar-refractivity contribution in [2.75, 3.05) is 6.54 Å². The minimum atomic E-state index is 0.0925. The molecule has 0 saturated carbocycles. The Bertz CT molecular complexity index is 650. The minimum absolute atomic E-state index is 0.0925. The Morgan fingerprint density at radius 3 is 2.73 bits per heavy atom. The number of aryl methyl sites for hydroxylation is 1. The van der Waals surface area contributed by atoms with E-state index in [4.69, 9.17) is 12.2 Å². The van der Waals surface area contributed by atoms with Crippen LogP contribution in [0.4, 0.5) is 0 Å². The zero-order valence-corrected chi connectivity index (χ0v) is 14.0. The first kappa shape index (κ1) is 15.0. The molecule has 0 aromatic carbocycles. The molecule has 0 bridgehead atoms. The number of rotatable bonds is 4. The Hall–Kier alpha value is -1.88. The molecule has 2 aromatic rings. The summed E-state index contributed by atoms with van der Waals surface area (Å²) in [5, 5.41) is 4.29. The molecule has 2 aromatic heterocycles. The Balaban J connectivity index is 2.00. The average Bonchev–Trinajstić information content (AvgIpc) is 3.04. The van der Waals surface area contributed by atoms with Gasteiger partial charge in [-0.3, -0.25) is 4.98 Å².